The van der Waals surface area contributed by atoms with Gasteiger partial charge in [-0.05, 0) is 32.1 Å². The van der Waals surface area contributed by atoms with Gasteiger partial charge in [-0.15, -0.1) is 0 Å². The molecule has 3 atom stereocenters. The lowest BCUT2D eigenvalue weighted by Crippen LogP contribution is -2.31. The van der Waals surface area contributed by atoms with Crippen LogP contribution in [0.4, 0.5) is 0 Å². The van der Waals surface area contributed by atoms with Gasteiger partial charge < -0.3 is 14.8 Å². The molecule has 18 heavy (non-hydrogen) atoms. The zero-order chi connectivity index (χ0) is 13.4. The van der Waals surface area contributed by atoms with Gasteiger partial charge in [-0.2, -0.15) is 0 Å². The topological polar surface area (TPSA) is 47.6 Å². The van der Waals surface area contributed by atoms with Crippen molar-refractivity contribution in [2.24, 2.45) is 5.92 Å². The summed E-state index contributed by atoms with van der Waals surface area (Å²) in [6.07, 6.45) is 3.55. The van der Waals surface area contributed by atoms with Gasteiger partial charge in [0.2, 0.25) is 5.91 Å². The number of hydrogen-bond donors (Lipinski definition) is 1. The summed E-state index contributed by atoms with van der Waals surface area (Å²) in [5.41, 5.74) is 0. The Morgan fingerprint density at radius 2 is 2.28 bits per heavy atom. The molecule has 5 heteroatoms. The van der Waals surface area contributed by atoms with Crippen LogP contribution < -0.4 is 5.32 Å². The maximum atomic E-state index is 11.2. The largest absolute Gasteiger partial charge is 0.383 e. The second kappa shape index (κ2) is 8.54. The van der Waals surface area contributed by atoms with Crippen LogP contribution in [0.25, 0.3) is 0 Å². The van der Waals surface area contributed by atoms with E-state index in [-0.39, 0.29) is 18.0 Å². The van der Waals surface area contributed by atoms with E-state index in [1.807, 2.05) is 13.8 Å². The predicted molar refractivity (Wildman–Crippen MR) is 71.5 cm³/mol. The highest BCUT2D eigenvalue weighted by Crippen LogP contribution is 2.28. The molecular weight excluding hydrogens is 229 g/mol. The van der Waals surface area contributed by atoms with E-state index in [2.05, 4.69) is 5.32 Å². The van der Waals surface area contributed by atoms with Crippen LogP contribution in [0.15, 0.2) is 0 Å². The monoisotopic (exact) mass is 253 g/mol. The van der Waals surface area contributed by atoms with Gasteiger partial charge in [0.15, 0.2) is 0 Å². The van der Waals surface area contributed by atoms with Crippen LogP contribution in [-0.2, 0) is 14.3 Å². The molecule has 1 fully saturated rings. The number of carbonyl (C=O) groups excluding carboxylic acids is 1. The van der Waals surface area contributed by atoms with Crippen molar-refractivity contribution in [1.29, 1.82) is 0 Å². The maximum absolute atomic E-state index is 11.2. The van der Waals surface area contributed by atoms with Crippen molar-refractivity contribution < 1.29 is 14.3 Å². The highest BCUT2D eigenvalue weighted by Gasteiger charge is 2.31. The first-order chi connectivity index (χ1) is 8.67. The van der Waals surface area contributed by atoms with Crippen molar-refractivity contribution in [3.05, 3.63) is 0 Å². The standard InChI is InChI=1S/C13H24BNO3/c1-3-12(16)15-9-11-8-10(13(14)18-11)6-5-7-17-4-2/h10-11,13H,3-9H2,1-2H3,(H,15,16)/t10?,11-,13+/m0/s1. The lowest BCUT2D eigenvalue weighted by atomic mass is 9.83. The molecule has 0 saturated carbocycles. The first-order valence-electron chi connectivity index (χ1n) is 6.92. The van der Waals surface area contributed by atoms with Crippen LogP contribution in [-0.4, -0.2) is 45.6 Å². The fraction of sp³-hybridized carbons (Fsp3) is 0.923. The zero-order valence-electron chi connectivity index (χ0n) is 11.5. The molecule has 1 amide bonds. The summed E-state index contributed by atoms with van der Waals surface area (Å²) in [5.74, 6) is 0.445. The van der Waals surface area contributed by atoms with Gasteiger partial charge in [0.1, 0.15) is 7.85 Å². The normalized spacial score (nSPS) is 27.3. The number of rotatable bonds is 8. The van der Waals surface area contributed by atoms with E-state index < -0.39 is 0 Å². The minimum Gasteiger partial charge on any atom is -0.383 e. The lowest BCUT2D eigenvalue weighted by Gasteiger charge is -2.13. The van der Waals surface area contributed by atoms with Crippen LogP contribution in [0.5, 0.6) is 0 Å². The molecule has 1 unspecified atom stereocenters. The summed E-state index contributed by atoms with van der Waals surface area (Å²) >= 11 is 0. The smallest absolute Gasteiger partial charge is 0.219 e. The fourth-order valence-corrected chi connectivity index (χ4v) is 2.22. The molecule has 0 spiro atoms. The predicted octanol–water partition coefficient (Wildman–Crippen LogP) is 1.23. The molecule has 1 rings (SSSR count). The fourth-order valence-electron chi connectivity index (χ4n) is 2.22. The first-order valence-corrected chi connectivity index (χ1v) is 6.92. The van der Waals surface area contributed by atoms with Crippen LogP contribution in [0.3, 0.4) is 0 Å². The van der Waals surface area contributed by atoms with Gasteiger partial charge in [-0.1, -0.05) is 6.92 Å². The van der Waals surface area contributed by atoms with Gasteiger partial charge in [0, 0.05) is 32.2 Å². The highest BCUT2D eigenvalue weighted by atomic mass is 16.5. The van der Waals surface area contributed by atoms with Crippen molar-refractivity contribution >= 4 is 13.8 Å². The molecular formula is C13H24BNO3. The van der Waals surface area contributed by atoms with Gasteiger partial charge in [-0.3, -0.25) is 4.79 Å². The second-order valence-corrected chi connectivity index (χ2v) is 4.72. The Hall–Kier alpha value is -0.545. The van der Waals surface area contributed by atoms with E-state index in [1.165, 1.54) is 0 Å². The van der Waals surface area contributed by atoms with Crippen molar-refractivity contribution in [3.8, 4) is 0 Å². The minimum absolute atomic E-state index is 0.0620. The van der Waals surface area contributed by atoms with E-state index in [1.54, 1.807) is 0 Å². The lowest BCUT2D eigenvalue weighted by molar-refractivity contribution is -0.121. The number of ether oxygens (including phenoxy) is 2. The minimum atomic E-state index is -0.199. The Labute approximate surface area is 111 Å². The molecule has 2 radical (unpaired) electrons. The molecule has 0 aromatic rings. The molecule has 0 aromatic carbocycles. The first kappa shape index (κ1) is 15.5. The summed E-state index contributed by atoms with van der Waals surface area (Å²) in [6, 6.07) is -0.199. The number of hydrogen-bond acceptors (Lipinski definition) is 3. The van der Waals surface area contributed by atoms with Crippen LogP contribution in [0.2, 0.25) is 0 Å². The van der Waals surface area contributed by atoms with Crippen molar-refractivity contribution in [3.63, 3.8) is 0 Å². The Morgan fingerprint density at radius 1 is 1.50 bits per heavy atom. The third kappa shape index (κ3) is 5.40. The van der Waals surface area contributed by atoms with E-state index in [0.29, 0.717) is 18.9 Å². The Kier molecular flexibility index (Phi) is 7.36. The molecule has 0 aliphatic carbocycles. The van der Waals surface area contributed by atoms with Crippen LogP contribution in [0.1, 0.15) is 39.5 Å². The summed E-state index contributed by atoms with van der Waals surface area (Å²) in [5, 5.41) is 2.85. The SMILES string of the molecule is [B][C@@H]1O[C@H](CNC(=O)CC)CC1CCCOCC. The van der Waals surface area contributed by atoms with E-state index in [9.17, 15) is 4.79 Å². The number of amides is 1. The maximum Gasteiger partial charge on any atom is 0.219 e. The van der Waals surface area contributed by atoms with Crippen molar-refractivity contribution in [2.75, 3.05) is 19.8 Å². The molecule has 1 heterocycles. The zero-order valence-corrected chi connectivity index (χ0v) is 11.5. The Balaban J connectivity index is 2.17. The summed E-state index contributed by atoms with van der Waals surface area (Å²) in [6.45, 7) is 5.96. The summed E-state index contributed by atoms with van der Waals surface area (Å²) in [4.78, 5) is 11.2. The third-order valence-corrected chi connectivity index (χ3v) is 3.30. The van der Waals surface area contributed by atoms with Crippen molar-refractivity contribution in [1.82, 2.24) is 5.32 Å². The molecule has 1 N–H and O–H groups in total. The number of nitrogens with one attached hydrogen (secondary N) is 1. The number of carbonyl (C=O) groups is 1. The molecule has 1 aliphatic heterocycles. The van der Waals surface area contributed by atoms with E-state index >= 15 is 0 Å². The molecule has 0 bridgehead atoms. The van der Waals surface area contributed by atoms with Gasteiger partial charge >= 0.3 is 0 Å². The summed E-state index contributed by atoms with van der Waals surface area (Å²) in [7, 11) is 5.95. The summed E-state index contributed by atoms with van der Waals surface area (Å²) < 4.78 is 11.0. The Bertz CT molecular complexity index is 250. The van der Waals surface area contributed by atoms with Gasteiger partial charge in [0.05, 0.1) is 6.10 Å². The third-order valence-electron chi connectivity index (χ3n) is 3.30. The molecule has 102 valence electrons. The van der Waals surface area contributed by atoms with Crippen LogP contribution in [0, 0.1) is 5.92 Å². The molecule has 4 nitrogen and oxygen atoms in total. The molecule has 1 aliphatic rings. The van der Waals surface area contributed by atoms with E-state index in [0.717, 1.165) is 32.5 Å². The van der Waals surface area contributed by atoms with Crippen LogP contribution >= 0.6 is 0 Å². The average molecular weight is 253 g/mol. The molecule has 1 saturated heterocycles. The van der Waals surface area contributed by atoms with Crippen molar-refractivity contribution in [2.45, 2.75) is 51.6 Å². The van der Waals surface area contributed by atoms with Gasteiger partial charge in [-0.25, -0.2) is 0 Å². The van der Waals surface area contributed by atoms with E-state index in [4.69, 9.17) is 17.3 Å². The molecule has 0 aromatic heterocycles. The van der Waals surface area contributed by atoms with Gasteiger partial charge in [0.25, 0.3) is 0 Å². The quantitative estimate of drug-likeness (QED) is 0.522. The Morgan fingerprint density at radius 3 is 2.94 bits per heavy atom. The highest BCUT2D eigenvalue weighted by molar-refractivity contribution is 6.11. The second-order valence-electron chi connectivity index (χ2n) is 4.72. The average Bonchev–Trinajstić information content (AvgIpc) is 2.72.